The summed E-state index contributed by atoms with van der Waals surface area (Å²) in [6.45, 7) is 9.70. The van der Waals surface area contributed by atoms with Crippen molar-refractivity contribution >= 4 is 29.9 Å². The van der Waals surface area contributed by atoms with Crippen molar-refractivity contribution in [3.63, 3.8) is 0 Å². The van der Waals surface area contributed by atoms with Crippen molar-refractivity contribution in [3.8, 4) is 0 Å². The molecule has 1 aromatic heterocycles. The number of aromatic nitrogens is 1. The van der Waals surface area contributed by atoms with Crippen molar-refractivity contribution in [1.29, 1.82) is 0 Å². The molecule has 0 saturated carbocycles. The van der Waals surface area contributed by atoms with Crippen molar-refractivity contribution in [2.24, 2.45) is 10.9 Å². The molecular formula is C18H31IN4O2. The maximum atomic E-state index is 5.71. The van der Waals surface area contributed by atoms with Crippen LogP contribution in [0.3, 0.4) is 0 Å². The van der Waals surface area contributed by atoms with Gasteiger partial charge in [0.05, 0.1) is 25.5 Å². The molecule has 1 aromatic rings. The number of ether oxygens (including phenoxy) is 2. The molecule has 0 spiro atoms. The van der Waals surface area contributed by atoms with Crippen LogP contribution in [0.2, 0.25) is 0 Å². The van der Waals surface area contributed by atoms with Crippen molar-refractivity contribution in [1.82, 2.24) is 15.6 Å². The highest BCUT2D eigenvalue weighted by atomic mass is 127. The summed E-state index contributed by atoms with van der Waals surface area (Å²) in [6.07, 6.45) is 3.90. The highest BCUT2D eigenvalue weighted by Crippen LogP contribution is 2.12. The summed E-state index contributed by atoms with van der Waals surface area (Å²) in [5.74, 6) is 1.41. The summed E-state index contributed by atoms with van der Waals surface area (Å²) in [5.41, 5.74) is 2.18. The molecule has 2 heterocycles. The molecule has 0 radical (unpaired) electrons. The van der Waals surface area contributed by atoms with Crippen LogP contribution in [0, 0.1) is 12.8 Å². The van der Waals surface area contributed by atoms with Gasteiger partial charge in [0.15, 0.2) is 5.96 Å². The standard InChI is InChI=1S/C18H30N4O2.HI/c1-3-19-18(22-12-17-15(2)6-4-8-20-17)21-9-5-10-23-13-16-7-11-24-14-16;/h4,6,8,16H,3,5,7,9-14H2,1-2H3,(H2,19,21,22);1H. The summed E-state index contributed by atoms with van der Waals surface area (Å²) in [7, 11) is 0. The largest absolute Gasteiger partial charge is 0.381 e. The Balaban J connectivity index is 0.00000312. The van der Waals surface area contributed by atoms with Gasteiger partial charge in [0.25, 0.3) is 0 Å². The third-order valence-electron chi connectivity index (χ3n) is 3.98. The third-order valence-corrected chi connectivity index (χ3v) is 3.98. The van der Waals surface area contributed by atoms with Crippen LogP contribution in [0.5, 0.6) is 0 Å². The summed E-state index contributed by atoms with van der Waals surface area (Å²) in [4.78, 5) is 8.98. The summed E-state index contributed by atoms with van der Waals surface area (Å²) in [6, 6.07) is 4.01. The highest BCUT2D eigenvalue weighted by Gasteiger charge is 2.15. The topological polar surface area (TPSA) is 67.8 Å². The molecule has 1 saturated heterocycles. The van der Waals surface area contributed by atoms with Crippen molar-refractivity contribution < 1.29 is 9.47 Å². The monoisotopic (exact) mass is 462 g/mol. The number of nitrogens with one attached hydrogen (secondary N) is 2. The minimum Gasteiger partial charge on any atom is -0.381 e. The molecule has 1 fully saturated rings. The lowest BCUT2D eigenvalue weighted by Gasteiger charge is -2.12. The predicted molar refractivity (Wildman–Crippen MR) is 112 cm³/mol. The number of aliphatic imine (C=N–C) groups is 1. The van der Waals surface area contributed by atoms with Gasteiger partial charge in [0, 0.05) is 38.4 Å². The van der Waals surface area contributed by atoms with E-state index in [1.54, 1.807) is 0 Å². The number of aryl methyl sites for hydroxylation is 1. The molecule has 1 aliphatic heterocycles. The molecule has 0 aliphatic carbocycles. The van der Waals surface area contributed by atoms with Crippen LogP contribution >= 0.6 is 24.0 Å². The van der Waals surface area contributed by atoms with E-state index in [4.69, 9.17) is 9.47 Å². The van der Waals surface area contributed by atoms with Crippen LogP contribution in [0.4, 0.5) is 0 Å². The van der Waals surface area contributed by atoms with Gasteiger partial charge in [-0.2, -0.15) is 0 Å². The lowest BCUT2D eigenvalue weighted by molar-refractivity contribution is 0.0888. The molecule has 0 bridgehead atoms. The molecule has 1 aliphatic rings. The number of halogens is 1. The molecule has 1 atom stereocenters. The Labute approximate surface area is 168 Å². The third kappa shape index (κ3) is 8.82. The van der Waals surface area contributed by atoms with E-state index in [1.807, 2.05) is 12.3 Å². The van der Waals surface area contributed by atoms with Crippen LogP contribution in [-0.2, 0) is 16.0 Å². The molecule has 0 aromatic carbocycles. The normalized spacial score (nSPS) is 17.2. The molecule has 6 nitrogen and oxygen atoms in total. The van der Waals surface area contributed by atoms with E-state index < -0.39 is 0 Å². The SMILES string of the molecule is CCNC(=NCc1ncccc1C)NCCCOCC1CCOC1.I. The van der Waals surface area contributed by atoms with Crippen molar-refractivity contribution in [3.05, 3.63) is 29.6 Å². The van der Waals surface area contributed by atoms with Crippen molar-refractivity contribution in [2.45, 2.75) is 33.2 Å². The average Bonchev–Trinajstić information content (AvgIpc) is 3.10. The van der Waals surface area contributed by atoms with Gasteiger partial charge in [-0.1, -0.05) is 6.07 Å². The maximum Gasteiger partial charge on any atom is 0.191 e. The molecule has 7 heteroatoms. The van der Waals surface area contributed by atoms with Gasteiger partial charge in [0.2, 0.25) is 0 Å². The van der Waals surface area contributed by atoms with Gasteiger partial charge < -0.3 is 20.1 Å². The van der Waals surface area contributed by atoms with Gasteiger partial charge >= 0.3 is 0 Å². The van der Waals surface area contributed by atoms with E-state index in [0.717, 1.165) is 64.0 Å². The summed E-state index contributed by atoms with van der Waals surface area (Å²) < 4.78 is 11.1. The van der Waals surface area contributed by atoms with Gasteiger partial charge in [-0.15, -0.1) is 24.0 Å². The zero-order chi connectivity index (χ0) is 17.0. The number of hydrogen-bond donors (Lipinski definition) is 2. The van der Waals surface area contributed by atoms with Crippen LogP contribution in [0.1, 0.15) is 31.0 Å². The Hall–Kier alpha value is -0.930. The Bertz CT molecular complexity index is 508. The number of pyridine rings is 1. The lowest BCUT2D eigenvalue weighted by Crippen LogP contribution is -2.38. The zero-order valence-electron chi connectivity index (χ0n) is 15.3. The average molecular weight is 462 g/mol. The lowest BCUT2D eigenvalue weighted by atomic mass is 10.1. The first-order chi connectivity index (χ1) is 11.8. The van der Waals surface area contributed by atoms with Crippen LogP contribution < -0.4 is 10.6 Å². The Morgan fingerprint density at radius 3 is 3.04 bits per heavy atom. The minimum absolute atomic E-state index is 0. The maximum absolute atomic E-state index is 5.71. The molecule has 1 unspecified atom stereocenters. The molecular weight excluding hydrogens is 431 g/mol. The van der Waals surface area contributed by atoms with E-state index in [0.29, 0.717) is 12.5 Å². The van der Waals surface area contributed by atoms with Crippen LogP contribution in [0.25, 0.3) is 0 Å². The number of hydrogen-bond acceptors (Lipinski definition) is 4. The predicted octanol–water partition coefficient (Wildman–Crippen LogP) is 2.51. The Kier molecular flexibility index (Phi) is 11.8. The number of guanidine groups is 1. The second-order valence-electron chi connectivity index (χ2n) is 6.05. The van der Waals surface area contributed by atoms with E-state index in [-0.39, 0.29) is 24.0 Å². The highest BCUT2D eigenvalue weighted by molar-refractivity contribution is 14.0. The van der Waals surface area contributed by atoms with Gasteiger partial charge in [-0.3, -0.25) is 4.98 Å². The fourth-order valence-corrected chi connectivity index (χ4v) is 2.53. The number of nitrogens with zero attached hydrogens (tertiary/aromatic N) is 2. The first kappa shape index (κ1) is 22.1. The fourth-order valence-electron chi connectivity index (χ4n) is 2.53. The molecule has 25 heavy (non-hydrogen) atoms. The first-order valence-electron chi connectivity index (χ1n) is 8.87. The van der Waals surface area contributed by atoms with Crippen molar-refractivity contribution in [2.75, 3.05) is 39.5 Å². The van der Waals surface area contributed by atoms with Crippen LogP contribution in [-0.4, -0.2) is 50.5 Å². The van der Waals surface area contributed by atoms with Gasteiger partial charge in [0.1, 0.15) is 0 Å². The van der Waals surface area contributed by atoms with E-state index in [2.05, 4.69) is 40.5 Å². The summed E-state index contributed by atoms with van der Waals surface area (Å²) in [5, 5.41) is 6.61. The second-order valence-corrected chi connectivity index (χ2v) is 6.05. The van der Waals surface area contributed by atoms with E-state index in [9.17, 15) is 0 Å². The fraction of sp³-hybridized carbons (Fsp3) is 0.667. The molecule has 0 amide bonds. The van der Waals surface area contributed by atoms with E-state index in [1.165, 1.54) is 5.56 Å². The molecule has 2 N–H and O–H groups in total. The van der Waals surface area contributed by atoms with Gasteiger partial charge in [-0.05, 0) is 38.3 Å². The quantitative estimate of drug-likeness (QED) is 0.256. The smallest absolute Gasteiger partial charge is 0.191 e. The first-order valence-corrected chi connectivity index (χ1v) is 8.87. The second kappa shape index (κ2) is 13.3. The minimum atomic E-state index is 0. The van der Waals surface area contributed by atoms with E-state index >= 15 is 0 Å². The molecule has 142 valence electrons. The Morgan fingerprint density at radius 1 is 1.44 bits per heavy atom. The zero-order valence-corrected chi connectivity index (χ0v) is 17.6. The van der Waals surface area contributed by atoms with Gasteiger partial charge in [-0.25, -0.2) is 4.99 Å². The summed E-state index contributed by atoms with van der Waals surface area (Å²) >= 11 is 0. The number of rotatable bonds is 9. The Morgan fingerprint density at radius 2 is 2.32 bits per heavy atom. The molecule has 2 rings (SSSR count). The van der Waals surface area contributed by atoms with Crippen LogP contribution in [0.15, 0.2) is 23.3 Å².